The van der Waals surface area contributed by atoms with Gasteiger partial charge in [-0.1, -0.05) is 28.8 Å². The molecule has 3 aromatic rings. The Kier molecular flexibility index (Phi) is 4.81. The Morgan fingerprint density at radius 2 is 1.97 bits per heavy atom. The van der Waals surface area contributed by atoms with Crippen molar-refractivity contribution in [1.82, 2.24) is 20.2 Å². The second-order valence-electron chi connectivity index (χ2n) is 6.15. The highest BCUT2D eigenvalue weighted by Crippen LogP contribution is 2.36. The number of tetrazole rings is 1. The van der Waals surface area contributed by atoms with Gasteiger partial charge in [0.05, 0.1) is 12.7 Å². The summed E-state index contributed by atoms with van der Waals surface area (Å²) in [5.41, 5.74) is 0.567. The number of hydrogen-bond donors (Lipinski definition) is 1. The van der Waals surface area contributed by atoms with E-state index in [1.165, 1.54) is 42.1 Å². The minimum Gasteiger partial charge on any atom is -0.464 e. The van der Waals surface area contributed by atoms with E-state index in [-0.39, 0.29) is 22.8 Å². The van der Waals surface area contributed by atoms with Gasteiger partial charge in [0, 0.05) is 10.6 Å². The fourth-order valence-corrected chi connectivity index (χ4v) is 3.26. The number of methoxy groups -OCH3 is 1. The van der Waals surface area contributed by atoms with E-state index in [1.54, 1.807) is 18.2 Å². The molecule has 0 saturated heterocycles. The van der Waals surface area contributed by atoms with Crippen molar-refractivity contribution < 1.29 is 18.7 Å². The number of nitrogens with one attached hydrogen (secondary N) is 1. The Morgan fingerprint density at radius 1 is 1.21 bits per heavy atom. The molecular formula is C19H13ClFN5O3. The molecule has 0 fully saturated rings. The monoisotopic (exact) mass is 413 g/mol. The lowest BCUT2D eigenvalue weighted by atomic mass is 9.89. The van der Waals surface area contributed by atoms with Crippen LogP contribution in [0.4, 0.5) is 10.3 Å². The maximum Gasteiger partial charge on any atom is 0.355 e. The van der Waals surface area contributed by atoms with Gasteiger partial charge in [-0.2, -0.15) is 4.68 Å². The van der Waals surface area contributed by atoms with Crippen LogP contribution in [0.15, 0.2) is 59.8 Å². The maximum atomic E-state index is 14.0. The highest BCUT2D eigenvalue weighted by molar-refractivity contribution is 6.30. The van der Waals surface area contributed by atoms with E-state index in [9.17, 15) is 14.0 Å². The summed E-state index contributed by atoms with van der Waals surface area (Å²) in [6, 6.07) is 10.9. The highest BCUT2D eigenvalue weighted by Gasteiger charge is 2.38. The Labute approximate surface area is 168 Å². The second kappa shape index (κ2) is 7.44. The predicted octanol–water partition coefficient (Wildman–Crippen LogP) is 2.79. The number of benzene rings is 2. The molecule has 0 aliphatic carbocycles. The molecule has 0 saturated carbocycles. The minimum absolute atomic E-state index is 0.0181. The molecule has 29 heavy (non-hydrogen) atoms. The smallest absolute Gasteiger partial charge is 0.355 e. The zero-order chi connectivity index (χ0) is 20.5. The topological polar surface area (TPSA) is 99.0 Å². The predicted molar refractivity (Wildman–Crippen MR) is 101 cm³/mol. The van der Waals surface area contributed by atoms with Crippen LogP contribution in [0.25, 0.3) is 0 Å². The van der Waals surface area contributed by atoms with Gasteiger partial charge in [-0.25, -0.2) is 9.18 Å². The summed E-state index contributed by atoms with van der Waals surface area (Å²) < 4.78 is 20.1. The van der Waals surface area contributed by atoms with Crippen LogP contribution in [-0.2, 0) is 9.53 Å². The SMILES string of the molecule is COC(=O)C1=C(C(=O)c2ccc(Cl)cc2)[C@@H](c2cccc(F)c2)n2nnnc2N1. The lowest BCUT2D eigenvalue weighted by Crippen LogP contribution is -2.33. The van der Waals surface area contributed by atoms with Gasteiger partial charge in [0.25, 0.3) is 0 Å². The van der Waals surface area contributed by atoms with Crippen molar-refractivity contribution in [1.29, 1.82) is 0 Å². The molecule has 1 aliphatic heterocycles. The van der Waals surface area contributed by atoms with Crippen molar-refractivity contribution in [3.8, 4) is 0 Å². The molecule has 0 unspecified atom stereocenters. The zero-order valence-corrected chi connectivity index (χ0v) is 15.7. The van der Waals surface area contributed by atoms with Gasteiger partial charge in [-0.3, -0.25) is 4.79 Å². The summed E-state index contributed by atoms with van der Waals surface area (Å²) in [5.74, 6) is -1.65. The average Bonchev–Trinajstić information content (AvgIpc) is 3.20. The summed E-state index contributed by atoms with van der Waals surface area (Å²) in [6.45, 7) is 0. The molecule has 2 aromatic carbocycles. The van der Waals surface area contributed by atoms with E-state index in [2.05, 4.69) is 20.8 Å². The number of esters is 1. The summed E-state index contributed by atoms with van der Waals surface area (Å²) >= 11 is 5.92. The van der Waals surface area contributed by atoms with Crippen LogP contribution in [0.3, 0.4) is 0 Å². The number of ketones is 1. The third-order valence-electron chi connectivity index (χ3n) is 4.42. The van der Waals surface area contributed by atoms with Gasteiger partial charge in [0.15, 0.2) is 5.78 Å². The van der Waals surface area contributed by atoms with Crippen molar-refractivity contribution in [3.05, 3.63) is 81.8 Å². The third-order valence-corrected chi connectivity index (χ3v) is 4.67. The van der Waals surface area contributed by atoms with Crippen LogP contribution in [0.5, 0.6) is 0 Å². The first-order valence-electron chi connectivity index (χ1n) is 8.42. The summed E-state index contributed by atoms with van der Waals surface area (Å²) in [5, 5.41) is 14.5. The Hall–Kier alpha value is -3.59. The first-order valence-corrected chi connectivity index (χ1v) is 8.80. The first-order chi connectivity index (χ1) is 14.0. The fourth-order valence-electron chi connectivity index (χ4n) is 3.13. The molecular weight excluding hydrogens is 401 g/mol. The van der Waals surface area contributed by atoms with Crippen molar-refractivity contribution in [2.24, 2.45) is 0 Å². The van der Waals surface area contributed by atoms with E-state index < -0.39 is 23.6 Å². The number of anilines is 1. The van der Waals surface area contributed by atoms with Crippen LogP contribution in [0, 0.1) is 5.82 Å². The van der Waals surface area contributed by atoms with Gasteiger partial charge in [-0.15, -0.1) is 0 Å². The second-order valence-corrected chi connectivity index (χ2v) is 6.58. The number of aromatic nitrogens is 4. The van der Waals surface area contributed by atoms with Crippen LogP contribution in [0.2, 0.25) is 5.02 Å². The van der Waals surface area contributed by atoms with Gasteiger partial charge in [0.1, 0.15) is 17.6 Å². The van der Waals surface area contributed by atoms with Crippen molar-refractivity contribution >= 4 is 29.3 Å². The summed E-state index contributed by atoms with van der Waals surface area (Å²) in [7, 11) is 1.19. The molecule has 10 heteroatoms. The lowest BCUT2D eigenvalue weighted by Gasteiger charge is -2.28. The number of halogens is 2. The average molecular weight is 414 g/mol. The minimum atomic E-state index is -0.950. The lowest BCUT2D eigenvalue weighted by molar-refractivity contribution is -0.136. The normalized spacial score (nSPS) is 15.5. The summed E-state index contributed by atoms with van der Waals surface area (Å²) in [4.78, 5) is 25.9. The molecule has 0 bridgehead atoms. The van der Waals surface area contributed by atoms with Gasteiger partial charge >= 0.3 is 5.97 Å². The molecule has 8 nitrogen and oxygen atoms in total. The number of Topliss-reactive ketones (excluding diaryl/α,β-unsaturated/α-hetero) is 1. The maximum absolute atomic E-state index is 14.0. The van der Waals surface area contributed by atoms with Gasteiger partial charge in [-0.05, 0) is 52.4 Å². The molecule has 0 spiro atoms. The Morgan fingerprint density at radius 3 is 2.66 bits per heavy atom. The number of rotatable bonds is 4. The summed E-state index contributed by atoms with van der Waals surface area (Å²) in [6.07, 6.45) is 0. The number of carbonyl (C=O) groups excluding carboxylic acids is 2. The molecule has 2 heterocycles. The number of fused-ring (bicyclic) bond motifs is 1. The highest BCUT2D eigenvalue weighted by atomic mass is 35.5. The largest absolute Gasteiger partial charge is 0.464 e. The van der Waals surface area contributed by atoms with E-state index in [0.717, 1.165) is 0 Å². The first kappa shape index (κ1) is 18.8. The van der Waals surface area contributed by atoms with Crippen LogP contribution >= 0.6 is 11.6 Å². The fraction of sp³-hybridized carbons (Fsp3) is 0.105. The van der Waals surface area contributed by atoms with E-state index in [4.69, 9.17) is 16.3 Å². The van der Waals surface area contributed by atoms with E-state index in [0.29, 0.717) is 10.6 Å². The third kappa shape index (κ3) is 3.36. The molecule has 146 valence electrons. The Balaban J connectivity index is 1.95. The number of ether oxygens (including phenoxy) is 1. The van der Waals surface area contributed by atoms with Gasteiger partial charge in [0.2, 0.25) is 5.95 Å². The van der Waals surface area contributed by atoms with Crippen molar-refractivity contribution in [2.45, 2.75) is 6.04 Å². The number of hydrogen-bond acceptors (Lipinski definition) is 7. The zero-order valence-electron chi connectivity index (χ0n) is 15.0. The molecule has 1 aromatic heterocycles. The molecule has 0 amide bonds. The number of carbonyl (C=O) groups is 2. The molecule has 1 aliphatic rings. The molecule has 0 radical (unpaired) electrons. The quantitative estimate of drug-likeness (QED) is 0.518. The Bertz CT molecular complexity index is 1140. The number of allylic oxidation sites excluding steroid dienone is 1. The molecule has 1 atom stereocenters. The molecule has 4 rings (SSSR count). The van der Waals surface area contributed by atoms with Crippen LogP contribution in [-0.4, -0.2) is 39.1 Å². The van der Waals surface area contributed by atoms with E-state index >= 15 is 0 Å². The van der Waals surface area contributed by atoms with Gasteiger partial charge < -0.3 is 10.1 Å². The number of nitrogens with zero attached hydrogens (tertiary/aromatic N) is 4. The van der Waals surface area contributed by atoms with E-state index in [1.807, 2.05) is 0 Å². The van der Waals surface area contributed by atoms with Crippen LogP contribution < -0.4 is 5.32 Å². The van der Waals surface area contributed by atoms with Crippen molar-refractivity contribution in [3.63, 3.8) is 0 Å². The molecule has 1 N–H and O–H groups in total. The van der Waals surface area contributed by atoms with Crippen LogP contribution in [0.1, 0.15) is 22.0 Å². The standard InChI is InChI=1S/C19H13ClFN5O3/c1-29-18(28)15-14(17(27)10-5-7-12(20)8-6-10)16(11-3-2-4-13(21)9-11)26-19(22-15)23-24-25-26/h2-9,16H,1H3,(H,22,23,25)/t16-/m1/s1. The van der Waals surface area contributed by atoms with Crippen molar-refractivity contribution in [2.75, 3.05) is 12.4 Å².